The summed E-state index contributed by atoms with van der Waals surface area (Å²) in [5, 5.41) is 9.64. The van der Waals surface area contributed by atoms with Gasteiger partial charge in [-0.25, -0.2) is 0 Å². The molecule has 0 aromatic rings. The molecule has 118 valence electrons. The quantitative estimate of drug-likeness (QED) is 0.545. The van der Waals surface area contributed by atoms with Crippen LogP contribution >= 0.6 is 0 Å². The number of carboxylic acid groups (broad SMARTS) is 1. The molecule has 4 heteroatoms. The summed E-state index contributed by atoms with van der Waals surface area (Å²) >= 11 is 0. The van der Waals surface area contributed by atoms with Gasteiger partial charge in [0.05, 0.1) is 0 Å². The summed E-state index contributed by atoms with van der Waals surface area (Å²) < 4.78 is 5.42. The largest absolute Gasteiger partial charge is 0.480 e. The van der Waals surface area contributed by atoms with E-state index >= 15 is 0 Å². The van der Waals surface area contributed by atoms with Crippen LogP contribution in [0.2, 0.25) is 0 Å². The number of carbonyl (C=O) groups excluding carboxylic acids is 1. The summed E-state index contributed by atoms with van der Waals surface area (Å²) in [7, 11) is 0. The first-order valence-corrected chi connectivity index (χ1v) is 7.47. The van der Waals surface area contributed by atoms with E-state index in [1.54, 1.807) is 6.92 Å². The van der Waals surface area contributed by atoms with Crippen LogP contribution in [0, 0.1) is 23.2 Å². The van der Waals surface area contributed by atoms with Crippen molar-refractivity contribution >= 4 is 11.9 Å². The van der Waals surface area contributed by atoms with E-state index in [1.165, 1.54) is 0 Å². The number of ether oxygens (including phenoxy) is 1. The van der Waals surface area contributed by atoms with Gasteiger partial charge in [0.15, 0.2) is 5.41 Å². The predicted octanol–water partition coefficient (Wildman–Crippen LogP) is 3.74. The van der Waals surface area contributed by atoms with Crippen molar-refractivity contribution in [2.24, 2.45) is 23.2 Å². The first-order chi connectivity index (χ1) is 9.02. The molecule has 0 saturated carbocycles. The number of rotatable bonds is 8. The van der Waals surface area contributed by atoms with E-state index < -0.39 is 17.4 Å². The van der Waals surface area contributed by atoms with Crippen molar-refractivity contribution in [1.82, 2.24) is 0 Å². The van der Waals surface area contributed by atoms with Crippen molar-refractivity contribution < 1.29 is 19.4 Å². The molecule has 0 amide bonds. The monoisotopic (exact) mass is 286 g/mol. The van der Waals surface area contributed by atoms with E-state index in [0.29, 0.717) is 12.8 Å². The fraction of sp³-hybridized carbons (Fsp3) is 0.875. The Kier molecular flexibility index (Phi) is 7.25. The first-order valence-electron chi connectivity index (χ1n) is 7.47. The SMILES string of the molecule is CC(C)CC(CC(C)C)(C(=O)O)C(=O)OC(C)C(C)C. The fourth-order valence-corrected chi connectivity index (χ4v) is 2.32. The van der Waals surface area contributed by atoms with Crippen molar-refractivity contribution in [3.63, 3.8) is 0 Å². The lowest BCUT2D eigenvalue weighted by Crippen LogP contribution is -2.44. The lowest BCUT2D eigenvalue weighted by molar-refractivity contribution is -0.176. The molecule has 0 aromatic heterocycles. The Morgan fingerprint density at radius 1 is 0.950 bits per heavy atom. The van der Waals surface area contributed by atoms with Gasteiger partial charge in [-0.3, -0.25) is 9.59 Å². The Balaban J connectivity index is 5.36. The van der Waals surface area contributed by atoms with Crippen molar-refractivity contribution in [2.75, 3.05) is 0 Å². The third-order valence-corrected chi connectivity index (χ3v) is 3.55. The summed E-state index contributed by atoms with van der Waals surface area (Å²) in [5.74, 6) is -1.25. The van der Waals surface area contributed by atoms with Crippen molar-refractivity contribution in [3.05, 3.63) is 0 Å². The highest BCUT2D eigenvalue weighted by Crippen LogP contribution is 2.36. The standard InChI is InChI=1S/C16H30O4/c1-10(2)8-16(14(17)18,9-11(3)4)15(19)20-13(7)12(5)6/h10-13H,8-9H2,1-7H3,(H,17,18). The molecule has 1 atom stereocenters. The summed E-state index contributed by atoms with van der Waals surface area (Å²) in [6, 6.07) is 0. The molecular weight excluding hydrogens is 256 g/mol. The normalized spacial score (nSPS) is 13.9. The van der Waals surface area contributed by atoms with Crippen molar-refractivity contribution in [1.29, 1.82) is 0 Å². The Labute approximate surface area is 122 Å². The van der Waals surface area contributed by atoms with Gasteiger partial charge >= 0.3 is 11.9 Å². The molecule has 20 heavy (non-hydrogen) atoms. The Morgan fingerprint density at radius 2 is 1.35 bits per heavy atom. The van der Waals surface area contributed by atoms with E-state index in [1.807, 2.05) is 41.5 Å². The first kappa shape index (κ1) is 18.9. The topological polar surface area (TPSA) is 63.6 Å². The van der Waals surface area contributed by atoms with Crippen LogP contribution in [0.25, 0.3) is 0 Å². The van der Waals surface area contributed by atoms with Crippen LogP contribution in [0.3, 0.4) is 0 Å². The minimum atomic E-state index is -1.43. The average Bonchev–Trinajstić information content (AvgIpc) is 2.25. The van der Waals surface area contributed by atoms with E-state index in [4.69, 9.17) is 4.74 Å². The van der Waals surface area contributed by atoms with Gasteiger partial charge in [0, 0.05) is 0 Å². The van der Waals surface area contributed by atoms with Gasteiger partial charge < -0.3 is 9.84 Å². The Hall–Kier alpha value is -1.06. The molecule has 0 radical (unpaired) electrons. The van der Waals surface area contributed by atoms with E-state index in [-0.39, 0.29) is 23.9 Å². The van der Waals surface area contributed by atoms with Gasteiger partial charge in [-0.1, -0.05) is 41.5 Å². The van der Waals surface area contributed by atoms with Gasteiger partial charge in [0.2, 0.25) is 0 Å². The molecule has 0 spiro atoms. The molecule has 1 N–H and O–H groups in total. The zero-order chi connectivity index (χ0) is 16.1. The minimum Gasteiger partial charge on any atom is -0.480 e. The molecular formula is C16H30O4. The number of hydrogen-bond donors (Lipinski definition) is 1. The number of carboxylic acids is 1. The van der Waals surface area contributed by atoms with Crippen LogP contribution in [0.15, 0.2) is 0 Å². The maximum Gasteiger partial charge on any atom is 0.323 e. The highest BCUT2D eigenvalue weighted by atomic mass is 16.5. The maximum atomic E-state index is 12.5. The second-order valence-corrected chi connectivity index (χ2v) is 6.94. The molecule has 1 unspecified atom stereocenters. The smallest absolute Gasteiger partial charge is 0.323 e. The van der Waals surface area contributed by atoms with Crippen LogP contribution in [0.5, 0.6) is 0 Å². The van der Waals surface area contributed by atoms with Crippen LogP contribution in [-0.2, 0) is 14.3 Å². The molecule has 0 heterocycles. The summed E-state index contributed by atoms with van der Waals surface area (Å²) in [4.78, 5) is 24.3. The summed E-state index contributed by atoms with van der Waals surface area (Å²) in [5.41, 5.74) is -1.43. The lowest BCUT2D eigenvalue weighted by atomic mass is 9.74. The van der Waals surface area contributed by atoms with Gasteiger partial charge in [-0.2, -0.15) is 0 Å². The zero-order valence-corrected chi connectivity index (χ0v) is 13.9. The Bertz CT molecular complexity index is 321. The number of esters is 1. The highest BCUT2D eigenvalue weighted by Gasteiger charge is 2.48. The van der Waals surface area contributed by atoms with Gasteiger partial charge in [-0.15, -0.1) is 0 Å². The molecule has 0 aromatic carbocycles. The molecule has 0 rings (SSSR count). The number of carbonyl (C=O) groups is 2. The molecule has 0 aliphatic carbocycles. The van der Waals surface area contributed by atoms with Crippen LogP contribution in [-0.4, -0.2) is 23.1 Å². The molecule has 0 aliphatic rings. The second-order valence-electron chi connectivity index (χ2n) is 6.94. The van der Waals surface area contributed by atoms with Crippen LogP contribution in [0.1, 0.15) is 61.3 Å². The molecule has 0 bridgehead atoms. The van der Waals surface area contributed by atoms with Gasteiger partial charge in [0.25, 0.3) is 0 Å². The van der Waals surface area contributed by atoms with Crippen LogP contribution in [0.4, 0.5) is 0 Å². The molecule has 0 saturated heterocycles. The van der Waals surface area contributed by atoms with E-state index in [9.17, 15) is 14.7 Å². The predicted molar refractivity (Wildman–Crippen MR) is 79.4 cm³/mol. The van der Waals surface area contributed by atoms with E-state index in [2.05, 4.69) is 0 Å². The van der Waals surface area contributed by atoms with Gasteiger partial charge in [-0.05, 0) is 37.5 Å². The third-order valence-electron chi connectivity index (χ3n) is 3.55. The average molecular weight is 286 g/mol. The summed E-state index contributed by atoms with van der Waals surface area (Å²) in [6.45, 7) is 13.4. The molecule has 0 fully saturated rings. The summed E-state index contributed by atoms with van der Waals surface area (Å²) in [6.07, 6.45) is 0.342. The number of hydrogen-bond acceptors (Lipinski definition) is 3. The van der Waals surface area contributed by atoms with Gasteiger partial charge in [0.1, 0.15) is 6.10 Å². The van der Waals surface area contributed by atoms with Crippen molar-refractivity contribution in [3.8, 4) is 0 Å². The number of aliphatic carboxylic acids is 1. The minimum absolute atomic E-state index is 0.117. The third kappa shape index (κ3) is 5.14. The Morgan fingerprint density at radius 3 is 1.60 bits per heavy atom. The maximum absolute atomic E-state index is 12.5. The molecule has 0 aliphatic heterocycles. The molecule has 4 nitrogen and oxygen atoms in total. The second kappa shape index (κ2) is 7.65. The van der Waals surface area contributed by atoms with Crippen molar-refractivity contribution in [2.45, 2.75) is 67.4 Å². The van der Waals surface area contributed by atoms with E-state index in [0.717, 1.165) is 0 Å². The van der Waals surface area contributed by atoms with Crippen LogP contribution < -0.4 is 0 Å². The fourth-order valence-electron chi connectivity index (χ4n) is 2.32. The lowest BCUT2D eigenvalue weighted by Gasteiger charge is -2.32. The highest BCUT2D eigenvalue weighted by molar-refractivity contribution is 5.99. The zero-order valence-electron chi connectivity index (χ0n) is 13.9.